The van der Waals surface area contributed by atoms with E-state index in [1.807, 2.05) is 0 Å². The Balaban J connectivity index is 2.05. The van der Waals surface area contributed by atoms with Crippen molar-refractivity contribution >= 4 is 0 Å². The third kappa shape index (κ3) is 2.10. The lowest BCUT2D eigenvalue weighted by Crippen LogP contribution is -2.33. The summed E-state index contributed by atoms with van der Waals surface area (Å²) in [5, 5.41) is 0. The molecule has 88 valence electrons. The molecule has 0 bridgehead atoms. The molecule has 0 spiro atoms. The Labute approximate surface area is 95.8 Å². The Morgan fingerprint density at radius 2 is 1.60 bits per heavy atom. The molecule has 2 fully saturated rings. The van der Waals surface area contributed by atoms with Crippen LogP contribution in [-0.4, -0.2) is 0 Å². The standard InChI is InChI=1S/C15H28/c1-4-12-8-7-11-14(12)15(2,3)13-9-5-6-10-13/h12-14H,4-11H2,1-3H3. The molecule has 0 nitrogen and oxygen atoms in total. The van der Waals surface area contributed by atoms with E-state index >= 15 is 0 Å². The fourth-order valence-corrected chi connectivity index (χ4v) is 4.48. The Kier molecular flexibility index (Phi) is 3.42. The predicted molar refractivity (Wildman–Crippen MR) is 66.9 cm³/mol. The molecule has 0 aromatic carbocycles. The molecule has 0 aromatic rings. The number of hydrogen-bond donors (Lipinski definition) is 0. The van der Waals surface area contributed by atoms with Gasteiger partial charge in [0.2, 0.25) is 0 Å². The first-order chi connectivity index (χ1) is 7.16. The molecule has 2 saturated carbocycles. The van der Waals surface area contributed by atoms with Crippen molar-refractivity contribution in [3.8, 4) is 0 Å². The van der Waals surface area contributed by atoms with Gasteiger partial charge in [0.1, 0.15) is 0 Å². The lowest BCUT2D eigenvalue weighted by atomic mass is 9.64. The molecular formula is C15H28. The van der Waals surface area contributed by atoms with E-state index in [2.05, 4.69) is 20.8 Å². The quantitative estimate of drug-likeness (QED) is 0.610. The van der Waals surface area contributed by atoms with Crippen LogP contribution in [0, 0.1) is 23.2 Å². The van der Waals surface area contributed by atoms with Crippen molar-refractivity contribution in [1.82, 2.24) is 0 Å². The molecule has 0 N–H and O–H groups in total. The van der Waals surface area contributed by atoms with Gasteiger partial charge in [-0.3, -0.25) is 0 Å². The van der Waals surface area contributed by atoms with E-state index in [9.17, 15) is 0 Å². The highest BCUT2D eigenvalue weighted by molar-refractivity contribution is 4.93. The molecule has 15 heavy (non-hydrogen) atoms. The Hall–Kier alpha value is 0. The number of rotatable bonds is 3. The summed E-state index contributed by atoms with van der Waals surface area (Å²) in [5.41, 5.74) is 0.633. The molecule has 2 aliphatic carbocycles. The maximum Gasteiger partial charge on any atom is -0.0295 e. The second-order valence-corrected chi connectivity index (χ2v) is 6.51. The van der Waals surface area contributed by atoms with Crippen LogP contribution in [0.4, 0.5) is 0 Å². The molecule has 0 aromatic heterocycles. The normalized spacial score (nSPS) is 33.8. The molecule has 0 aliphatic heterocycles. The smallest absolute Gasteiger partial charge is 0.0295 e. The third-order valence-electron chi connectivity index (χ3n) is 5.55. The summed E-state index contributed by atoms with van der Waals surface area (Å²) in [4.78, 5) is 0. The lowest BCUT2D eigenvalue weighted by molar-refractivity contribution is 0.0850. The second-order valence-electron chi connectivity index (χ2n) is 6.51. The highest BCUT2D eigenvalue weighted by Crippen LogP contribution is 2.52. The predicted octanol–water partition coefficient (Wildman–Crippen LogP) is 5.03. The van der Waals surface area contributed by atoms with E-state index in [-0.39, 0.29) is 0 Å². The maximum absolute atomic E-state index is 2.57. The van der Waals surface area contributed by atoms with Crippen LogP contribution < -0.4 is 0 Å². The number of hydrogen-bond acceptors (Lipinski definition) is 0. The van der Waals surface area contributed by atoms with Crippen molar-refractivity contribution in [2.75, 3.05) is 0 Å². The monoisotopic (exact) mass is 208 g/mol. The van der Waals surface area contributed by atoms with Gasteiger partial charge in [-0.05, 0) is 42.4 Å². The van der Waals surface area contributed by atoms with Crippen LogP contribution in [0.15, 0.2) is 0 Å². The highest BCUT2D eigenvalue weighted by atomic mass is 14.5. The molecular weight excluding hydrogens is 180 g/mol. The first-order valence-corrected chi connectivity index (χ1v) is 7.16. The molecule has 0 heterocycles. The van der Waals surface area contributed by atoms with E-state index < -0.39 is 0 Å². The fourth-order valence-electron chi connectivity index (χ4n) is 4.48. The summed E-state index contributed by atoms with van der Waals surface area (Å²) in [6.07, 6.45) is 12.0. The highest BCUT2D eigenvalue weighted by Gasteiger charge is 2.43. The van der Waals surface area contributed by atoms with Crippen molar-refractivity contribution in [1.29, 1.82) is 0 Å². The zero-order valence-corrected chi connectivity index (χ0v) is 10.9. The van der Waals surface area contributed by atoms with Crippen molar-refractivity contribution in [3.05, 3.63) is 0 Å². The van der Waals surface area contributed by atoms with E-state index in [1.165, 1.54) is 51.4 Å². The van der Waals surface area contributed by atoms with Gasteiger partial charge < -0.3 is 0 Å². The van der Waals surface area contributed by atoms with Crippen molar-refractivity contribution in [2.45, 2.75) is 72.1 Å². The van der Waals surface area contributed by atoms with Gasteiger partial charge in [0.25, 0.3) is 0 Å². The van der Waals surface area contributed by atoms with E-state index in [0.717, 1.165) is 17.8 Å². The largest absolute Gasteiger partial charge is 0.0651 e. The van der Waals surface area contributed by atoms with E-state index in [0.29, 0.717) is 5.41 Å². The van der Waals surface area contributed by atoms with Crippen LogP contribution in [-0.2, 0) is 0 Å². The van der Waals surface area contributed by atoms with E-state index in [1.54, 1.807) is 0 Å². The Bertz CT molecular complexity index is 198. The van der Waals surface area contributed by atoms with Gasteiger partial charge in [-0.25, -0.2) is 0 Å². The van der Waals surface area contributed by atoms with Gasteiger partial charge in [-0.15, -0.1) is 0 Å². The summed E-state index contributed by atoms with van der Waals surface area (Å²) < 4.78 is 0. The minimum absolute atomic E-state index is 0.633. The Morgan fingerprint density at radius 3 is 2.20 bits per heavy atom. The van der Waals surface area contributed by atoms with Crippen molar-refractivity contribution in [3.63, 3.8) is 0 Å². The minimum atomic E-state index is 0.633. The van der Waals surface area contributed by atoms with E-state index in [4.69, 9.17) is 0 Å². The second kappa shape index (κ2) is 4.47. The van der Waals surface area contributed by atoms with Gasteiger partial charge in [0.15, 0.2) is 0 Å². The summed E-state index contributed by atoms with van der Waals surface area (Å²) in [6, 6.07) is 0. The molecule has 2 atom stereocenters. The molecule has 2 aliphatic rings. The van der Waals surface area contributed by atoms with Crippen molar-refractivity contribution in [2.24, 2.45) is 23.2 Å². The van der Waals surface area contributed by atoms with Crippen LogP contribution >= 0.6 is 0 Å². The maximum atomic E-state index is 2.57. The average Bonchev–Trinajstić information content (AvgIpc) is 2.89. The summed E-state index contributed by atoms with van der Waals surface area (Å²) in [7, 11) is 0. The summed E-state index contributed by atoms with van der Waals surface area (Å²) in [5.74, 6) is 3.11. The van der Waals surface area contributed by atoms with Gasteiger partial charge in [0.05, 0.1) is 0 Å². The minimum Gasteiger partial charge on any atom is -0.0651 e. The molecule has 0 radical (unpaired) electrons. The average molecular weight is 208 g/mol. The fraction of sp³-hybridized carbons (Fsp3) is 1.00. The van der Waals surface area contributed by atoms with Gasteiger partial charge >= 0.3 is 0 Å². The van der Waals surface area contributed by atoms with Crippen LogP contribution in [0.3, 0.4) is 0 Å². The van der Waals surface area contributed by atoms with Crippen LogP contribution in [0.1, 0.15) is 72.1 Å². The van der Waals surface area contributed by atoms with Crippen LogP contribution in [0.25, 0.3) is 0 Å². The first kappa shape index (κ1) is 11.5. The molecule has 0 heteroatoms. The van der Waals surface area contributed by atoms with Crippen molar-refractivity contribution < 1.29 is 0 Å². The molecule has 0 saturated heterocycles. The van der Waals surface area contributed by atoms with Crippen LogP contribution in [0.5, 0.6) is 0 Å². The van der Waals surface area contributed by atoms with Gasteiger partial charge in [-0.2, -0.15) is 0 Å². The summed E-state index contributed by atoms with van der Waals surface area (Å²) >= 11 is 0. The molecule has 2 rings (SSSR count). The lowest BCUT2D eigenvalue weighted by Gasteiger charge is -2.40. The molecule has 0 amide bonds. The summed E-state index contributed by atoms with van der Waals surface area (Å²) in [6.45, 7) is 7.54. The SMILES string of the molecule is CCC1CCCC1C(C)(C)C1CCCC1. The third-order valence-corrected chi connectivity index (χ3v) is 5.55. The zero-order chi connectivity index (χ0) is 10.9. The zero-order valence-electron chi connectivity index (χ0n) is 10.9. The van der Waals surface area contributed by atoms with Gasteiger partial charge in [0, 0.05) is 0 Å². The van der Waals surface area contributed by atoms with Crippen LogP contribution in [0.2, 0.25) is 0 Å². The van der Waals surface area contributed by atoms with Gasteiger partial charge in [-0.1, -0.05) is 52.9 Å². The topological polar surface area (TPSA) is 0 Å². The first-order valence-electron chi connectivity index (χ1n) is 7.16. The molecule has 2 unspecified atom stereocenters. The Morgan fingerprint density at radius 1 is 0.933 bits per heavy atom.